The Balaban J connectivity index is 1.63. The average Bonchev–Trinajstić information content (AvgIpc) is 3.51. The molecule has 0 spiro atoms. The fraction of sp³-hybridized carbons (Fsp3) is 0.464. The molecule has 2 N–H and O–H groups in total. The third-order valence-corrected chi connectivity index (χ3v) is 6.86. The molecule has 0 radical (unpaired) electrons. The van der Waals surface area contributed by atoms with Gasteiger partial charge in [-0.2, -0.15) is 0 Å². The van der Waals surface area contributed by atoms with Crippen molar-refractivity contribution >= 4 is 16.7 Å². The molecule has 1 aromatic heterocycles. The maximum Gasteiger partial charge on any atom is 0.586 e. The van der Waals surface area contributed by atoms with Gasteiger partial charge in [-0.25, -0.2) is 4.39 Å². The van der Waals surface area contributed by atoms with E-state index >= 15 is 4.39 Å². The summed E-state index contributed by atoms with van der Waals surface area (Å²) < 4.78 is 134. The summed E-state index contributed by atoms with van der Waals surface area (Å²) in [7, 11) is 0. The summed E-state index contributed by atoms with van der Waals surface area (Å²) in [4.78, 5) is 13.7. The van der Waals surface area contributed by atoms with Gasteiger partial charge in [-0.05, 0) is 60.6 Å². The van der Waals surface area contributed by atoms with Crippen molar-refractivity contribution in [3.63, 3.8) is 0 Å². The second kappa shape index (κ2) is 8.77. The molecule has 2 heterocycles. The van der Waals surface area contributed by atoms with Gasteiger partial charge < -0.3 is 24.3 Å². The summed E-state index contributed by atoms with van der Waals surface area (Å²) in [5, 5.41) is 20.5. The lowest BCUT2D eigenvalue weighted by molar-refractivity contribution is -0.286. The predicted octanol–water partition coefficient (Wildman–Crippen LogP) is 4.99. The van der Waals surface area contributed by atoms with Gasteiger partial charge in [0.1, 0.15) is 11.6 Å². The van der Waals surface area contributed by atoms with Crippen LogP contribution in [-0.4, -0.2) is 39.5 Å². The van der Waals surface area contributed by atoms with Crippen LogP contribution in [0.2, 0.25) is 0 Å². The number of benzene rings is 2. The molecule has 0 amide bonds. The number of Topliss-reactive ketones (excluding diaryl/α,β-unsaturated/α-hetero) is 1. The number of hydrogen-bond donors (Lipinski definition) is 2. The standard InChI is InChI=1S/C28H30F3NO5/c1-4-26(2,3)24-10-17-9-16(20(29)13-21(17)32(24)14-19(34)15-33)11-25(35)27(7-8-27)18-5-6-22-23(12-18)37-28(30,31)36-22/h5-6,9-10,12-13,19,33-34H,4,7-8,11,14-15H2,1-3H3/t19-/m0/s1/i4D2,5D,6D,12D,14D2,15D2,19D. The smallest absolute Gasteiger partial charge is 0.395 e. The normalized spacial score (nSPS) is 24.2. The van der Waals surface area contributed by atoms with Crippen LogP contribution >= 0.6 is 0 Å². The van der Waals surface area contributed by atoms with Crippen LogP contribution in [0.1, 0.15) is 70.5 Å². The number of fused-ring (bicyclic) bond motifs is 2. The zero-order valence-corrected chi connectivity index (χ0v) is 20.1. The number of nitrogens with zero attached hydrogens (tertiary/aromatic N) is 1. The van der Waals surface area contributed by atoms with E-state index in [2.05, 4.69) is 9.47 Å². The highest BCUT2D eigenvalue weighted by Crippen LogP contribution is 2.52. The third-order valence-electron chi connectivity index (χ3n) is 6.86. The number of rotatable bonds is 9. The summed E-state index contributed by atoms with van der Waals surface area (Å²) in [5.41, 5.74) is -4.49. The molecule has 1 atom stereocenters. The summed E-state index contributed by atoms with van der Waals surface area (Å²) in [6.45, 7) is -3.49. The van der Waals surface area contributed by atoms with Crippen LogP contribution in [0, 0.1) is 5.82 Å². The number of ether oxygens (including phenoxy) is 2. The van der Waals surface area contributed by atoms with Gasteiger partial charge in [-0.15, -0.1) is 8.78 Å². The number of carbonyl (C=O) groups is 1. The number of ketones is 1. The predicted molar refractivity (Wildman–Crippen MR) is 131 cm³/mol. The number of alkyl halides is 2. The Kier molecular flexibility index (Phi) is 3.80. The Bertz CT molecular complexity index is 1830. The Morgan fingerprint density at radius 2 is 1.97 bits per heavy atom. The number of halogens is 3. The maximum atomic E-state index is 15.8. The highest BCUT2D eigenvalue weighted by atomic mass is 19.3. The second-order valence-electron chi connectivity index (χ2n) is 9.57. The van der Waals surface area contributed by atoms with Crippen molar-refractivity contribution in [3.05, 3.63) is 59.0 Å². The molecule has 6 nitrogen and oxygen atoms in total. The van der Waals surface area contributed by atoms with Crippen LogP contribution < -0.4 is 9.47 Å². The summed E-state index contributed by atoms with van der Waals surface area (Å²) in [6.07, 6.45) is -10.8. The topological polar surface area (TPSA) is 80.9 Å². The molecule has 3 aromatic rings. The number of aliphatic hydroxyl groups is 2. The fourth-order valence-corrected chi connectivity index (χ4v) is 4.41. The zero-order chi connectivity index (χ0) is 35.7. The van der Waals surface area contributed by atoms with Crippen LogP contribution in [0.25, 0.3) is 10.9 Å². The van der Waals surface area contributed by atoms with Gasteiger partial charge in [0.15, 0.2) is 11.5 Å². The first-order valence-corrected chi connectivity index (χ1v) is 11.4. The van der Waals surface area contributed by atoms with Gasteiger partial charge in [-0.3, -0.25) is 4.79 Å². The zero-order valence-electron chi connectivity index (χ0n) is 30.1. The van der Waals surface area contributed by atoms with Gasteiger partial charge in [0.05, 0.1) is 41.0 Å². The van der Waals surface area contributed by atoms with E-state index in [1.165, 1.54) is 26.8 Å². The maximum absolute atomic E-state index is 15.8. The molecule has 37 heavy (non-hydrogen) atoms. The van der Waals surface area contributed by atoms with E-state index < -0.39 is 90.3 Å². The molecule has 1 aliphatic heterocycles. The van der Waals surface area contributed by atoms with E-state index in [1.807, 2.05) is 0 Å². The molecular formula is C28H30F3NO5. The van der Waals surface area contributed by atoms with Gasteiger partial charge >= 0.3 is 6.29 Å². The van der Waals surface area contributed by atoms with Gasteiger partial charge in [-0.1, -0.05) is 26.8 Å². The highest BCUT2D eigenvalue weighted by molar-refractivity contribution is 5.95. The molecule has 5 rings (SSSR count). The summed E-state index contributed by atoms with van der Waals surface area (Å²) in [5.74, 6) is -3.45. The van der Waals surface area contributed by atoms with Crippen molar-refractivity contribution in [1.82, 2.24) is 4.57 Å². The van der Waals surface area contributed by atoms with Crippen LogP contribution in [0.3, 0.4) is 0 Å². The third kappa shape index (κ3) is 4.48. The quantitative estimate of drug-likeness (QED) is 0.410. The van der Waals surface area contributed by atoms with Gasteiger partial charge in [0.2, 0.25) is 0 Å². The summed E-state index contributed by atoms with van der Waals surface area (Å²) >= 11 is 0. The average molecular weight is 528 g/mol. The minimum Gasteiger partial charge on any atom is -0.395 e. The molecular weight excluding hydrogens is 487 g/mol. The molecule has 1 saturated carbocycles. The number of carbonyl (C=O) groups excluding carboxylic acids is 1. The molecule has 2 aliphatic rings. The van der Waals surface area contributed by atoms with E-state index in [1.54, 1.807) is 0 Å². The van der Waals surface area contributed by atoms with E-state index in [4.69, 9.17) is 13.7 Å². The fourth-order valence-electron chi connectivity index (χ4n) is 4.41. The monoisotopic (exact) mass is 527 g/mol. The lowest BCUT2D eigenvalue weighted by Gasteiger charge is -2.26. The minimum atomic E-state index is -4.19. The van der Waals surface area contributed by atoms with Gasteiger partial charge in [0.25, 0.3) is 0 Å². The SMILES string of the molecule is [2H]c1c([2H])c(C2(C(=O)Cc3cc4cc(C(C)(C)C([2H])([2H])C)n(C([2H])([2H])[C@]([2H])(O)C([2H])([2H])O)c4cc3F)CC2)c([2H])c2c1OC(F)(F)O2. The van der Waals surface area contributed by atoms with Crippen molar-refractivity contribution in [2.75, 3.05) is 6.56 Å². The first-order valence-electron chi connectivity index (χ1n) is 16.4. The van der Waals surface area contributed by atoms with Crippen molar-refractivity contribution in [1.29, 1.82) is 0 Å². The van der Waals surface area contributed by atoms with Crippen LogP contribution in [0.5, 0.6) is 11.5 Å². The van der Waals surface area contributed by atoms with Crippen molar-refractivity contribution < 1.29 is 51.4 Å². The lowest BCUT2D eigenvalue weighted by Crippen LogP contribution is -2.26. The molecule has 9 heteroatoms. The molecule has 1 aliphatic carbocycles. The van der Waals surface area contributed by atoms with Gasteiger partial charge in [0, 0.05) is 25.7 Å². The Morgan fingerprint density at radius 3 is 2.62 bits per heavy atom. The van der Waals surface area contributed by atoms with E-state index in [0.717, 1.165) is 12.1 Å². The minimum absolute atomic E-state index is 0.00864. The van der Waals surface area contributed by atoms with Crippen LogP contribution in [0.4, 0.5) is 13.2 Å². The molecule has 198 valence electrons. The molecule has 2 aromatic carbocycles. The molecule has 1 fully saturated rings. The van der Waals surface area contributed by atoms with Crippen molar-refractivity contribution in [2.24, 2.45) is 0 Å². The Morgan fingerprint density at radius 1 is 1.27 bits per heavy atom. The molecule has 0 unspecified atom stereocenters. The van der Waals surface area contributed by atoms with Crippen molar-refractivity contribution in [2.45, 2.75) is 76.1 Å². The number of aromatic nitrogens is 1. The Hall–Kier alpha value is -3.04. The van der Waals surface area contributed by atoms with Crippen LogP contribution in [-0.2, 0) is 28.5 Å². The largest absolute Gasteiger partial charge is 0.586 e. The van der Waals surface area contributed by atoms with E-state index in [0.29, 0.717) is 4.57 Å². The first-order chi connectivity index (χ1) is 21.1. The first kappa shape index (κ1) is 16.0. The Labute approximate surface area is 226 Å². The molecule has 0 saturated heterocycles. The van der Waals surface area contributed by atoms with E-state index in [-0.39, 0.29) is 40.6 Å². The van der Waals surface area contributed by atoms with Crippen molar-refractivity contribution in [3.8, 4) is 11.5 Å². The molecule has 0 bridgehead atoms. The second-order valence-corrected chi connectivity index (χ2v) is 9.57. The number of hydrogen-bond acceptors (Lipinski definition) is 5. The lowest BCUT2D eigenvalue weighted by atomic mass is 9.86. The summed E-state index contributed by atoms with van der Waals surface area (Å²) in [6, 6.07) is 0.838. The van der Waals surface area contributed by atoms with E-state index in [9.17, 15) is 23.8 Å². The highest BCUT2D eigenvalue weighted by Gasteiger charge is 2.52. The van der Waals surface area contributed by atoms with Crippen LogP contribution in [0.15, 0.2) is 36.3 Å².